The van der Waals surface area contributed by atoms with Gasteiger partial charge in [-0.1, -0.05) is 19.8 Å². The Kier molecular flexibility index (Phi) is 3.48. The van der Waals surface area contributed by atoms with Gasteiger partial charge in [0, 0.05) is 13.1 Å². The van der Waals surface area contributed by atoms with Crippen LogP contribution in [0.5, 0.6) is 0 Å². The summed E-state index contributed by atoms with van der Waals surface area (Å²) in [5, 5.41) is 0. The van der Waals surface area contributed by atoms with E-state index in [9.17, 15) is 13.2 Å². The van der Waals surface area contributed by atoms with E-state index in [1.54, 1.807) is 4.90 Å². The topological polar surface area (TPSA) is 3.24 Å². The number of likely N-dealkylation sites (tertiary alicyclic amines) is 1. The van der Waals surface area contributed by atoms with Crippen LogP contribution in [-0.4, -0.2) is 30.7 Å². The van der Waals surface area contributed by atoms with E-state index in [-0.39, 0.29) is 0 Å². The highest BCUT2D eigenvalue weighted by Gasteiger charge is 2.43. The van der Waals surface area contributed by atoms with Crippen LogP contribution in [0.1, 0.15) is 32.6 Å². The van der Waals surface area contributed by atoms with Crippen LogP contribution in [0.2, 0.25) is 0 Å². The van der Waals surface area contributed by atoms with Crippen LogP contribution in [0.25, 0.3) is 0 Å². The van der Waals surface area contributed by atoms with Crippen LogP contribution in [0.4, 0.5) is 13.2 Å². The zero-order chi connectivity index (χ0) is 11.8. The first-order valence-electron chi connectivity index (χ1n) is 6.27. The summed E-state index contributed by atoms with van der Waals surface area (Å²) in [6.07, 6.45) is 0.754. The van der Waals surface area contributed by atoms with Crippen LogP contribution in [0.15, 0.2) is 0 Å². The van der Waals surface area contributed by atoms with Crippen molar-refractivity contribution in [1.29, 1.82) is 0 Å². The van der Waals surface area contributed by atoms with Crippen LogP contribution >= 0.6 is 0 Å². The number of rotatable bonds is 3. The lowest BCUT2D eigenvalue weighted by Crippen LogP contribution is -2.33. The van der Waals surface area contributed by atoms with E-state index < -0.39 is 12.7 Å². The van der Waals surface area contributed by atoms with Gasteiger partial charge in [0.1, 0.15) is 0 Å². The van der Waals surface area contributed by atoms with Crippen molar-refractivity contribution in [1.82, 2.24) is 4.90 Å². The minimum absolute atomic E-state index is 0.541. The van der Waals surface area contributed by atoms with Crippen molar-refractivity contribution in [3.05, 3.63) is 0 Å². The largest absolute Gasteiger partial charge is 0.401 e. The molecule has 0 N–H and O–H groups in total. The lowest BCUT2D eigenvalue weighted by Gasteiger charge is -2.19. The van der Waals surface area contributed by atoms with E-state index in [0.717, 1.165) is 18.8 Å². The molecule has 0 spiro atoms. The lowest BCUT2D eigenvalue weighted by atomic mass is 10.0. The number of hydrogen-bond donors (Lipinski definition) is 0. The second-order valence-electron chi connectivity index (χ2n) is 5.46. The van der Waals surface area contributed by atoms with Crippen LogP contribution in [0.3, 0.4) is 0 Å². The molecule has 0 amide bonds. The second-order valence-corrected chi connectivity index (χ2v) is 5.46. The first-order chi connectivity index (χ1) is 7.48. The molecular formula is C12H20F3N. The van der Waals surface area contributed by atoms with Gasteiger partial charge >= 0.3 is 6.18 Å². The molecule has 2 rings (SSSR count). The van der Waals surface area contributed by atoms with Crippen molar-refractivity contribution < 1.29 is 13.2 Å². The quantitative estimate of drug-likeness (QED) is 0.725. The summed E-state index contributed by atoms with van der Waals surface area (Å²) in [4.78, 5) is 1.59. The van der Waals surface area contributed by atoms with E-state index in [1.807, 2.05) is 0 Å². The van der Waals surface area contributed by atoms with Gasteiger partial charge < -0.3 is 0 Å². The number of hydrogen-bond acceptors (Lipinski definition) is 1. The average molecular weight is 235 g/mol. The van der Waals surface area contributed by atoms with Gasteiger partial charge in [0.25, 0.3) is 0 Å². The summed E-state index contributed by atoms with van der Waals surface area (Å²) >= 11 is 0. The SMILES string of the molecule is CCC[C@@H]1C[C@@H]2CN(CC(F)(F)F)C[C@@H]2C1. The Morgan fingerprint density at radius 2 is 1.69 bits per heavy atom. The molecule has 1 heterocycles. The monoisotopic (exact) mass is 235 g/mol. The summed E-state index contributed by atoms with van der Waals surface area (Å²) in [6, 6.07) is 0. The molecule has 4 heteroatoms. The van der Waals surface area contributed by atoms with Crippen molar-refractivity contribution in [3.8, 4) is 0 Å². The molecule has 0 aromatic carbocycles. The normalized spacial score (nSPS) is 35.6. The van der Waals surface area contributed by atoms with Crippen molar-refractivity contribution in [2.75, 3.05) is 19.6 Å². The summed E-state index contributed by atoms with van der Waals surface area (Å²) in [5.74, 6) is 1.87. The molecule has 94 valence electrons. The van der Waals surface area contributed by atoms with Crippen LogP contribution in [0, 0.1) is 17.8 Å². The zero-order valence-electron chi connectivity index (χ0n) is 9.76. The molecule has 0 unspecified atom stereocenters. The predicted molar refractivity (Wildman–Crippen MR) is 57.1 cm³/mol. The van der Waals surface area contributed by atoms with Crippen LogP contribution < -0.4 is 0 Å². The molecule has 1 nitrogen and oxygen atoms in total. The number of fused-ring (bicyclic) bond motifs is 1. The van der Waals surface area contributed by atoms with E-state index >= 15 is 0 Å². The molecule has 2 aliphatic rings. The van der Waals surface area contributed by atoms with Gasteiger partial charge in [0.2, 0.25) is 0 Å². The highest BCUT2D eigenvalue weighted by Crippen LogP contribution is 2.43. The van der Waals surface area contributed by atoms with Gasteiger partial charge in [-0.05, 0) is 30.6 Å². The molecule has 0 bridgehead atoms. The van der Waals surface area contributed by atoms with Gasteiger partial charge in [-0.3, -0.25) is 4.90 Å². The molecule has 0 aromatic heterocycles. The van der Waals surface area contributed by atoms with E-state index in [4.69, 9.17) is 0 Å². The highest BCUT2D eigenvalue weighted by atomic mass is 19.4. The fourth-order valence-electron chi connectivity index (χ4n) is 3.55. The first kappa shape index (κ1) is 12.2. The van der Waals surface area contributed by atoms with Gasteiger partial charge in [0.15, 0.2) is 0 Å². The number of halogens is 3. The summed E-state index contributed by atoms with van der Waals surface area (Å²) in [5.41, 5.74) is 0. The third-order valence-electron chi connectivity index (χ3n) is 4.02. The summed E-state index contributed by atoms with van der Waals surface area (Å²) in [7, 11) is 0. The average Bonchev–Trinajstić information content (AvgIpc) is 2.58. The zero-order valence-corrected chi connectivity index (χ0v) is 9.76. The number of nitrogens with zero attached hydrogens (tertiary/aromatic N) is 1. The third-order valence-corrected chi connectivity index (χ3v) is 4.02. The maximum atomic E-state index is 12.2. The summed E-state index contributed by atoms with van der Waals surface area (Å²) in [6.45, 7) is 2.82. The van der Waals surface area contributed by atoms with Crippen molar-refractivity contribution >= 4 is 0 Å². The number of alkyl halides is 3. The van der Waals surface area contributed by atoms with Crippen molar-refractivity contribution in [2.45, 2.75) is 38.8 Å². The van der Waals surface area contributed by atoms with Gasteiger partial charge in [-0.25, -0.2) is 0 Å². The maximum Gasteiger partial charge on any atom is 0.401 e. The van der Waals surface area contributed by atoms with Crippen molar-refractivity contribution in [2.24, 2.45) is 17.8 Å². The van der Waals surface area contributed by atoms with Gasteiger partial charge in [-0.15, -0.1) is 0 Å². The van der Waals surface area contributed by atoms with E-state index in [0.29, 0.717) is 24.9 Å². The fourth-order valence-corrected chi connectivity index (χ4v) is 3.55. The molecular weight excluding hydrogens is 215 g/mol. The minimum atomic E-state index is -4.03. The predicted octanol–water partition coefficient (Wildman–Crippen LogP) is 3.31. The third kappa shape index (κ3) is 2.90. The Hall–Kier alpha value is -0.250. The highest BCUT2D eigenvalue weighted by molar-refractivity contribution is 4.92. The Balaban J connectivity index is 1.80. The fraction of sp³-hybridized carbons (Fsp3) is 1.00. The lowest BCUT2D eigenvalue weighted by molar-refractivity contribution is -0.144. The molecule has 1 aliphatic heterocycles. The van der Waals surface area contributed by atoms with Crippen molar-refractivity contribution in [3.63, 3.8) is 0 Å². The maximum absolute atomic E-state index is 12.2. The second kappa shape index (κ2) is 4.55. The molecule has 3 atom stereocenters. The molecule has 0 aromatic rings. The Bertz CT molecular complexity index is 225. The smallest absolute Gasteiger partial charge is 0.294 e. The molecule has 0 radical (unpaired) electrons. The Morgan fingerprint density at radius 1 is 1.12 bits per heavy atom. The first-order valence-corrected chi connectivity index (χ1v) is 6.27. The van der Waals surface area contributed by atoms with E-state index in [2.05, 4.69) is 6.92 Å². The Morgan fingerprint density at radius 3 is 2.12 bits per heavy atom. The Labute approximate surface area is 95.0 Å². The molecule has 1 saturated carbocycles. The molecule has 16 heavy (non-hydrogen) atoms. The van der Waals surface area contributed by atoms with Gasteiger partial charge in [0.05, 0.1) is 6.54 Å². The standard InChI is InChI=1S/C12H20F3N/c1-2-3-9-4-10-6-16(7-11(10)5-9)8-12(13,14)15/h9-11H,2-8H2,1H3/t9-,10-,11+. The molecule has 1 aliphatic carbocycles. The molecule has 1 saturated heterocycles. The van der Waals surface area contributed by atoms with Crippen LogP contribution in [-0.2, 0) is 0 Å². The minimum Gasteiger partial charge on any atom is -0.294 e. The molecule has 2 fully saturated rings. The van der Waals surface area contributed by atoms with E-state index in [1.165, 1.54) is 12.8 Å². The van der Waals surface area contributed by atoms with Gasteiger partial charge in [-0.2, -0.15) is 13.2 Å². The summed E-state index contributed by atoms with van der Waals surface area (Å²) < 4.78 is 36.7.